The van der Waals surface area contributed by atoms with E-state index in [2.05, 4.69) is 5.32 Å². The number of aryl methyl sites for hydroxylation is 1. The fraction of sp³-hybridized carbons (Fsp3) is 0.529. The lowest BCUT2D eigenvalue weighted by molar-refractivity contribution is -0.134. The number of benzene rings is 1. The van der Waals surface area contributed by atoms with Crippen molar-refractivity contribution in [1.29, 1.82) is 0 Å². The number of halogens is 1. The van der Waals surface area contributed by atoms with Crippen LogP contribution in [0.4, 0.5) is 0 Å². The first-order valence-corrected chi connectivity index (χ1v) is 8.16. The van der Waals surface area contributed by atoms with Gasteiger partial charge in [0.05, 0.1) is 12.1 Å². The zero-order valence-corrected chi connectivity index (χ0v) is 14.6. The summed E-state index contributed by atoms with van der Waals surface area (Å²) in [5.74, 6) is 0.724. The number of nitrogens with one attached hydrogen (secondary N) is 1. The molecule has 5 nitrogen and oxygen atoms in total. The van der Waals surface area contributed by atoms with E-state index in [9.17, 15) is 9.59 Å². The van der Waals surface area contributed by atoms with E-state index in [1.165, 1.54) is 0 Å². The van der Waals surface area contributed by atoms with Gasteiger partial charge in [-0.15, -0.1) is 0 Å². The third-order valence-electron chi connectivity index (χ3n) is 4.37. The lowest BCUT2D eigenvalue weighted by atomic mass is 9.95. The Kier molecular flexibility index (Phi) is 5.88. The van der Waals surface area contributed by atoms with E-state index in [0.29, 0.717) is 43.2 Å². The Hall–Kier alpha value is -1.75. The predicted molar refractivity (Wildman–Crippen MR) is 89.6 cm³/mol. The number of likely N-dealkylation sites (tertiary alicyclic amines) is 1. The standard InChI is InChI=1S/C17H23ClN2O3/c1-11-8-16(23-3)15(18)9-14(11)10-19-17(22)13-4-6-20(7-5-13)12(2)21/h8-9,13H,4-7,10H2,1-3H3,(H,19,22). The van der Waals surface area contributed by atoms with Crippen LogP contribution in [0.1, 0.15) is 30.9 Å². The van der Waals surface area contributed by atoms with Crippen molar-refractivity contribution in [3.05, 3.63) is 28.3 Å². The maximum atomic E-state index is 12.3. The second-order valence-corrected chi connectivity index (χ2v) is 6.32. The van der Waals surface area contributed by atoms with Gasteiger partial charge < -0.3 is 15.0 Å². The maximum Gasteiger partial charge on any atom is 0.223 e. The molecule has 1 aliphatic heterocycles. The van der Waals surface area contributed by atoms with Crippen LogP contribution in [-0.4, -0.2) is 36.9 Å². The van der Waals surface area contributed by atoms with Crippen molar-refractivity contribution in [2.45, 2.75) is 33.2 Å². The first-order valence-electron chi connectivity index (χ1n) is 7.78. The fourth-order valence-electron chi connectivity index (χ4n) is 2.83. The van der Waals surface area contributed by atoms with Crippen LogP contribution >= 0.6 is 11.6 Å². The molecule has 1 aromatic carbocycles. The van der Waals surface area contributed by atoms with Crippen molar-refractivity contribution in [3.8, 4) is 5.75 Å². The smallest absolute Gasteiger partial charge is 0.223 e. The number of hydrogen-bond donors (Lipinski definition) is 1. The van der Waals surface area contributed by atoms with E-state index >= 15 is 0 Å². The van der Waals surface area contributed by atoms with Gasteiger partial charge in [-0.25, -0.2) is 0 Å². The Morgan fingerprint density at radius 2 is 2.00 bits per heavy atom. The number of amides is 2. The van der Waals surface area contributed by atoms with E-state index < -0.39 is 0 Å². The van der Waals surface area contributed by atoms with Crippen LogP contribution in [0.2, 0.25) is 5.02 Å². The molecular weight excluding hydrogens is 316 g/mol. The highest BCUT2D eigenvalue weighted by Gasteiger charge is 2.25. The average Bonchev–Trinajstić information content (AvgIpc) is 2.55. The summed E-state index contributed by atoms with van der Waals surface area (Å²) in [6.07, 6.45) is 1.43. The molecule has 6 heteroatoms. The predicted octanol–water partition coefficient (Wildman–Crippen LogP) is 2.53. The SMILES string of the molecule is COc1cc(C)c(CNC(=O)C2CCN(C(C)=O)CC2)cc1Cl. The largest absolute Gasteiger partial charge is 0.495 e. The number of carbonyl (C=O) groups is 2. The van der Waals surface area contributed by atoms with Crippen LogP contribution in [0.5, 0.6) is 5.75 Å². The normalized spacial score (nSPS) is 15.4. The van der Waals surface area contributed by atoms with Gasteiger partial charge in [-0.1, -0.05) is 11.6 Å². The number of piperidine rings is 1. The molecular formula is C17H23ClN2O3. The summed E-state index contributed by atoms with van der Waals surface area (Å²) in [6.45, 7) is 5.28. The summed E-state index contributed by atoms with van der Waals surface area (Å²) >= 11 is 6.14. The van der Waals surface area contributed by atoms with Crippen LogP contribution in [0.3, 0.4) is 0 Å². The average molecular weight is 339 g/mol. The number of rotatable bonds is 4. The molecule has 0 atom stereocenters. The lowest BCUT2D eigenvalue weighted by Gasteiger charge is -2.30. The second kappa shape index (κ2) is 7.68. The van der Waals surface area contributed by atoms with Gasteiger partial charge in [-0.05, 0) is 43.0 Å². The van der Waals surface area contributed by atoms with E-state index in [0.717, 1.165) is 11.1 Å². The lowest BCUT2D eigenvalue weighted by Crippen LogP contribution is -2.42. The molecule has 0 aromatic heterocycles. The Morgan fingerprint density at radius 1 is 1.35 bits per heavy atom. The number of hydrogen-bond acceptors (Lipinski definition) is 3. The van der Waals surface area contributed by atoms with Crippen molar-refractivity contribution in [2.75, 3.05) is 20.2 Å². The summed E-state index contributed by atoms with van der Waals surface area (Å²) in [7, 11) is 1.58. The van der Waals surface area contributed by atoms with E-state index in [1.54, 1.807) is 18.9 Å². The molecule has 1 N–H and O–H groups in total. The fourth-order valence-corrected chi connectivity index (χ4v) is 3.09. The molecule has 0 radical (unpaired) electrons. The highest BCUT2D eigenvalue weighted by molar-refractivity contribution is 6.32. The van der Waals surface area contributed by atoms with Gasteiger partial charge in [0.1, 0.15) is 5.75 Å². The van der Waals surface area contributed by atoms with Crippen LogP contribution in [-0.2, 0) is 16.1 Å². The molecule has 1 fully saturated rings. The number of carbonyl (C=O) groups excluding carboxylic acids is 2. The molecule has 1 saturated heterocycles. The summed E-state index contributed by atoms with van der Waals surface area (Å²) in [5.41, 5.74) is 2.00. The van der Waals surface area contributed by atoms with E-state index in [4.69, 9.17) is 16.3 Å². The summed E-state index contributed by atoms with van der Waals surface area (Å²) in [5, 5.41) is 3.52. The van der Waals surface area contributed by atoms with Gasteiger partial charge in [-0.3, -0.25) is 9.59 Å². The molecule has 1 heterocycles. The molecule has 23 heavy (non-hydrogen) atoms. The second-order valence-electron chi connectivity index (χ2n) is 5.91. The van der Waals surface area contributed by atoms with Gasteiger partial charge in [-0.2, -0.15) is 0 Å². The van der Waals surface area contributed by atoms with Gasteiger partial charge >= 0.3 is 0 Å². The molecule has 0 saturated carbocycles. The number of ether oxygens (including phenoxy) is 1. The molecule has 2 rings (SSSR count). The molecule has 1 aliphatic rings. The third kappa shape index (κ3) is 4.38. The quantitative estimate of drug-likeness (QED) is 0.917. The van der Waals surface area contributed by atoms with Crippen LogP contribution < -0.4 is 10.1 Å². The van der Waals surface area contributed by atoms with E-state index in [1.807, 2.05) is 19.1 Å². The van der Waals surface area contributed by atoms with Crippen LogP contribution in [0.15, 0.2) is 12.1 Å². The zero-order chi connectivity index (χ0) is 17.0. The topological polar surface area (TPSA) is 58.6 Å². The Morgan fingerprint density at radius 3 is 2.57 bits per heavy atom. The van der Waals surface area contributed by atoms with Gasteiger partial charge in [0, 0.05) is 32.5 Å². The van der Waals surface area contributed by atoms with Crippen LogP contribution in [0.25, 0.3) is 0 Å². The third-order valence-corrected chi connectivity index (χ3v) is 4.67. The Balaban J connectivity index is 1.90. The van der Waals surface area contributed by atoms with Crippen molar-refractivity contribution < 1.29 is 14.3 Å². The zero-order valence-electron chi connectivity index (χ0n) is 13.8. The highest BCUT2D eigenvalue weighted by Crippen LogP contribution is 2.28. The first-order chi connectivity index (χ1) is 10.9. The minimum atomic E-state index is -0.0281. The molecule has 126 valence electrons. The maximum absolute atomic E-state index is 12.3. The number of methoxy groups -OCH3 is 1. The first kappa shape index (κ1) is 17.6. The monoisotopic (exact) mass is 338 g/mol. The number of nitrogens with zero attached hydrogens (tertiary/aromatic N) is 1. The van der Waals surface area contributed by atoms with E-state index in [-0.39, 0.29) is 17.7 Å². The molecule has 0 bridgehead atoms. The Labute approximate surface area is 141 Å². The van der Waals surface area contributed by atoms with Crippen molar-refractivity contribution in [1.82, 2.24) is 10.2 Å². The van der Waals surface area contributed by atoms with Crippen LogP contribution in [0, 0.1) is 12.8 Å². The molecule has 0 unspecified atom stereocenters. The van der Waals surface area contributed by atoms with Crippen molar-refractivity contribution in [3.63, 3.8) is 0 Å². The van der Waals surface area contributed by atoms with Crippen molar-refractivity contribution in [2.24, 2.45) is 5.92 Å². The summed E-state index contributed by atoms with van der Waals surface area (Å²) in [6, 6.07) is 3.70. The minimum absolute atomic E-state index is 0.0281. The highest BCUT2D eigenvalue weighted by atomic mass is 35.5. The molecule has 0 spiro atoms. The summed E-state index contributed by atoms with van der Waals surface area (Å²) in [4.78, 5) is 25.4. The molecule has 2 amide bonds. The Bertz CT molecular complexity index is 596. The summed E-state index contributed by atoms with van der Waals surface area (Å²) < 4.78 is 5.18. The van der Waals surface area contributed by atoms with Gasteiger partial charge in [0.15, 0.2) is 0 Å². The van der Waals surface area contributed by atoms with Gasteiger partial charge in [0.25, 0.3) is 0 Å². The van der Waals surface area contributed by atoms with Crippen molar-refractivity contribution >= 4 is 23.4 Å². The molecule has 1 aromatic rings. The molecule has 0 aliphatic carbocycles. The minimum Gasteiger partial charge on any atom is -0.495 e. The van der Waals surface area contributed by atoms with Gasteiger partial charge in [0.2, 0.25) is 11.8 Å².